The molecule has 0 bridgehead atoms. The molecule has 1 aromatic carbocycles. The third-order valence-electron chi connectivity index (χ3n) is 4.23. The Balaban J connectivity index is 2.32. The van der Waals surface area contributed by atoms with E-state index in [9.17, 15) is 23.1 Å². The highest BCUT2D eigenvalue weighted by Crippen LogP contribution is 2.27. The van der Waals surface area contributed by atoms with Gasteiger partial charge in [0.1, 0.15) is 21.6 Å². The van der Waals surface area contributed by atoms with Crippen molar-refractivity contribution in [3.63, 3.8) is 0 Å². The fraction of sp³-hybridized carbons (Fsp3) is 0.412. The number of carboxylic acid groups (broad SMARTS) is 1. The first-order chi connectivity index (χ1) is 11.5. The van der Waals surface area contributed by atoms with E-state index in [0.29, 0.717) is 0 Å². The molecule has 0 saturated heterocycles. The predicted molar refractivity (Wildman–Crippen MR) is 95.7 cm³/mol. The molecule has 8 heteroatoms. The number of nitrogens with one attached hydrogen (secondary N) is 2. The Kier molecular flexibility index (Phi) is 5.22. The van der Waals surface area contributed by atoms with E-state index < -0.39 is 27.8 Å². The highest BCUT2D eigenvalue weighted by Gasteiger charge is 2.24. The van der Waals surface area contributed by atoms with Crippen molar-refractivity contribution in [1.82, 2.24) is 10.3 Å². The van der Waals surface area contributed by atoms with Crippen LogP contribution in [0.4, 0.5) is 0 Å². The number of hydrogen-bond donors (Lipinski definition) is 3. The molecule has 0 radical (unpaired) electrons. The van der Waals surface area contributed by atoms with Crippen molar-refractivity contribution in [2.24, 2.45) is 0 Å². The minimum absolute atomic E-state index is 0.183. The normalized spacial score (nSPS) is 13.0. The molecule has 1 amide bonds. The second-order valence-electron chi connectivity index (χ2n) is 6.36. The quantitative estimate of drug-likeness (QED) is 0.720. The molecule has 0 aliphatic heterocycles. The van der Waals surface area contributed by atoms with Crippen molar-refractivity contribution in [1.29, 1.82) is 0 Å². The van der Waals surface area contributed by atoms with Gasteiger partial charge >= 0.3 is 5.97 Å². The first kappa shape index (κ1) is 19.0. The van der Waals surface area contributed by atoms with Gasteiger partial charge in [0.15, 0.2) is 0 Å². The zero-order valence-electron chi connectivity index (χ0n) is 14.6. The fourth-order valence-electron chi connectivity index (χ4n) is 2.85. The third kappa shape index (κ3) is 4.19. The molecule has 0 spiro atoms. The van der Waals surface area contributed by atoms with E-state index in [1.54, 1.807) is 6.92 Å². The Labute approximate surface area is 146 Å². The van der Waals surface area contributed by atoms with Crippen molar-refractivity contribution >= 4 is 32.6 Å². The Hall–Kier alpha value is -2.35. The van der Waals surface area contributed by atoms with Crippen LogP contribution in [-0.2, 0) is 14.6 Å². The van der Waals surface area contributed by atoms with Crippen LogP contribution < -0.4 is 5.32 Å². The lowest BCUT2D eigenvalue weighted by Gasteiger charge is -2.13. The lowest BCUT2D eigenvalue weighted by atomic mass is 10.0. The molecule has 0 saturated carbocycles. The summed E-state index contributed by atoms with van der Waals surface area (Å²) in [4.78, 5) is 26.9. The molecule has 136 valence electrons. The molecule has 0 aliphatic carbocycles. The smallest absolute Gasteiger partial charge is 0.326 e. The van der Waals surface area contributed by atoms with Crippen LogP contribution in [0.2, 0.25) is 0 Å². The summed E-state index contributed by atoms with van der Waals surface area (Å²) >= 11 is 0. The Morgan fingerprint density at radius 1 is 1.20 bits per heavy atom. The predicted octanol–water partition coefficient (Wildman–Crippen LogP) is 1.71. The zero-order chi connectivity index (χ0) is 18.9. The minimum atomic E-state index is -3.32. The van der Waals surface area contributed by atoms with Gasteiger partial charge in [0, 0.05) is 17.2 Å². The second kappa shape index (κ2) is 6.87. The van der Waals surface area contributed by atoms with Crippen molar-refractivity contribution in [3.05, 3.63) is 34.5 Å². The van der Waals surface area contributed by atoms with Gasteiger partial charge in [-0.15, -0.1) is 0 Å². The monoisotopic (exact) mass is 366 g/mol. The van der Waals surface area contributed by atoms with E-state index >= 15 is 0 Å². The molecule has 0 unspecified atom stereocenters. The number of carbonyl (C=O) groups is 2. The lowest BCUT2D eigenvalue weighted by Crippen LogP contribution is -2.42. The van der Waals surface area contributed by atoms with Crippen LogP contribution in [0.1, 0.15) is 33.6 Å². The average molecular weight is 366 g/mol. The van der Waals surface area contributed by atoms with Crippen LogP contribution in [0.15, 0.2) is 12.1 Å². The summed E-state index contributed by atoms with van der Waals surface area (Å²) in [6.07, 6.45) is 0.846. The van der Waals surface area contributed by atoms with Gasteiger partial charge < -0.3 is 15.4 Å². The molecular formula is C17H22N2O5S. The van der Waals surface area contributed by atoms with E-state index in [0.717, 1.165) is 33.8 Å². The van der Waals surface area contributed by atoms with Gasteiger partial charge in [-0.05, 0) is 43.9 Å². The van der Waals surface area contributed by atoms with Gasteiger partial charge in [-0.25, -0.2) is 13.2 Å². The van der Waals surface area contributed by atoms with E-state index in [4.69, 9.17) is 0 Å². The standard InChI is InChI=1S/C17H22N2O5S/c1-9-5-6-10(2)14-13(9)11(3)15(19-14)16(20)18-12(17(21)22)7-8-25(4,23)24/h5-6,12,19H,7-8H2,1-4H3,(H,18,20)(H,21,22)/t12-/m0/s1. The number of aromatic amines is 1. The third-order valence-corrected chi connectivity index (χ3v) is 5.21. The maximum Gasteiger partial charge on any atom is 0.326 e. The number of hydrogen-bond acceptors (Lipinski definition) is 4. The van der Waals surface area contributed by atoms with E-state index in [1.807, 2.05) is 26.0 Å². The van der Waals surface area contributed by atoms with Gasteiger partial charge in [-0.2, -0.15) is 0 Å². The first-order valence-corrected chi connectivity index (χ1v) is 9.87. The number of benzene rings is 1. The maximum absolute atomic E-state index is 12.5. The number of rotatable bonds is 6. The molecular weight excluding hydrogens is 344 g/mol. The van der Waals surface area contributed by atoms with Gasteiger partial charge in [0.05, 0.1) is 5.75 Å². The van der Waals surface area contributed by atoms with Gasteiger partial charge in [-0.3, -0.25) is 4.79 Å². The molecule has 2 aromatic rings. The summed E-state index contributed by atoms with van der Waals surface area (Å²) in [7, 11) is -3.32. The number of carboxylic acids is 1. The summed E-state index contributed by atoms with van der Waals surface area (Å²) in [6.45, 7) is 5.66. The fourth-order valence-corrected chi connectivity index (χ4v) is 3.51. The molecule has 1 heterocycles. The number of aliphatic carboxylic acids is 1. The number of fused-ring (bicyclic) bond motifs is 1. The van der Waals surface area contributed by atoms with E-state index in [2.05, 4.69) is 10.3 Å². The topological polar surface area (TPSA) is 116 Å². The SMILES string of the molecule is Cc1ccc(C)c2c(C)c(C(=O)N[C@@H](CCS(C)(=O)=O)C(=O)O)[nH]c12. The van der Waals surface area contributed by atoms with Crippen LogP contribution in [0.5, 0.6) is 0 Å². The highest BCUT2D eigenvalue weighted by atomic mass is 32.2. The number of amides is 1. The molecule has 1 atom stereocenters. The molecule has 1 aromatic heterocycles. The highest BCUT2D eigenvalue weighted by molar-refractivity contribution is 7.90. The van der Waals surface area contributed by atoms with Crippen LogP contribution in [-0.4, -0.2) is 48.4 Å². The summed E-state index contributed by atoms with van der Waals surface area (Å²) < 4.78 is 22.5. The van der Waals surface area contributed by atoms with Crippen LogP contribution in [0, 0.1) is 20.8 Å². The molecule has 0 aliphatic rings. The Morgan fingerprint density at radius 2 is 1.80 bits per heavy atom. The summed E-state index contributed by atoms with van der Waals surface area (Å²) in [5.74, 6) is -2.14. The van der Waals surface area contributed by atoms with E-state index in [-0.39, 0.29) is 17.9 Å². The molecule has 0 fully saturated rings. The second-order valence-corrected chi connectivity index (χ2v) is 8.62. The van der Waals surface area contributed by atoms with Crippen LogP contribution in [0.3, 0.4) is 0 Å². The maximum atomic E-state index is 12.5. The number of aromatic nitrogens is 1. The molecule has 7 nitrogen and oxygen atoms in total. The van der Waals surface area contributed by atoms with Gasteiger partial charge in [0.25, 0.3) is 5.91 Å². The molecule has 3 N–H and O–H groups in total. The summed E-state index contributed by atoms with van der Waals surface area (Å²) in [6, 6.07) is 2.64. The summed E-state index contributed by atoms with van der Waals surface area (Å²) in [5, 5.41) is 12.6. The van der Waals surface area contributed by atoms with Crippen molar-refractivity contribution in [3.8, 4) is 0 Å². The lowest BCUT2D eigenvalue weighted by molar-refractivity contribution is -0.139. The Bertz CT molecular complexity index is 944. The van der Waals surface area contributed by atoms with Crippen molar-refractivity contribution < 1.29 is 23.1 Å². The van der Waals surface area contributed by atoms with Crippen molar-refractivity contribution in [2.45, 2.75) is 33.2 Å². The number of carbonyl (C=O) groups excluding carboxylic acids is 1. The molecule has 2 rings (SSSR count). The minimum Gasteiger partial charge on any atom is -0.480 e. The Morgan fingerprint density at radius 3 is 2.32 bits per heavy atom. The number of aryl methyl sites for hydroxylation is 3. The number of H-pyrrole nitrogens is 1. The molecule has 25 heavy (non-hydrogen) atoms. The zero-order valence-corrected chi connectivity index (χ0v) is 15.5. The van der Waals surface area contributed by atoms with Gasteiger partial charge in [-0.1, -0.05) is 12.1 Å². The van der Waals surface area contributed by atoms with Crippen molar-refractivity contribution in [2.75, 3.05) is 12.0 Å². The number of sulfone groups is 1. The first-order valence-electron chi connectivity index (χ1n) is 7.81. The van der Waals surface area contributed by atoms with Crippen LogP contribution >= 0.6 is 0 Å². The van der Waals surface area contributed by atoms with Crippen LogP contribution in [0.25, 0.3) is 10.9 Å². The largest absolute Gasteiger partial charge is 0.480 e. The van der Waals surface area contributed by atoms with Gasteiger partial charge in [0.2, 0.25) is 0 Å². The summed E-state index contributed by atoms with van der Waals surface area (Å²) in [5.41, 5.74) is 3.86. The average Bonchev–Trinajstić information content (AvgIpc) is 2.85. The van der Waals surface area contributed by atoms with E-state index in [1.165, 1.54) is 0 Å².